The van der Waals surface area contributed by atoms with Gasteiger partial charge in [-0.25, -0.2) is 0 Å². The molecule has 0 N–H and O–H groups in total. The van der Waals surface area contributed by atoms with Gasteiger partial charge in [0.2, 0.25) is 5.91 Å². The largest absolute Gasteiger partial charge is 0.373 e. The van der Waals surface area contributed by atoms with E-state index in [0.717, 1.165) is 18.8 Å². The third-order valence-electron chi connectivity index (χ3n) is 4.00. The Morgan fingerprint density at radius 2 is 1.86 bits per heavy atom. The van der Waals surface area contributed by atoms with Crippen LogP contribution in [-0.4, -0.2) is 48.7 Å². The number of rotatable bonds is 4. The van der Waals surface area contributed by atoms with Crippen molar-refractivity contribution in [1.29, 1.82) is 0 Å². The van der Waals surface area contributed by atoms with Crippen LogP contribution in [-0.2, 0) is 9.53 Å². The average molecular weight is 290 g/mol. The molecule has 0 aromatic heterocycles. The van der Waals surface area contributed by atoms with Gasteiger partial charge in [0.25, 0.3) is 0 Å². The fourth-order valence-corrected chi connectivity index (χ4v) is 2.99. The zero-order chi connectivity index (χ0) is 15.4. The molecule has 4 nitrogen and oxygen atoms in total. The Labute approximate surface area is 127 Å². The van der Waals surface area contributed by atoms with Crippen molar-refractivity contribution in [2.24, 2.45) is 0 Å². The topological polar surface area (TPSA) is 32.8 Å². The molecule has 4 heteroatoms. The van der Waals surface area contributed by atoms with Crippen molar-refractivity contribution in [3.63, 3.8) is 0 Å². The number of nitrogens with zero attached hydrogens (tertiary/aromatic N) is 2. The van der Waals surface area contributed by atoms with Crippen molar-refractivity contribution in [2.45, 2.75) is 45.9 Å². The maximum Gasteiger partial charge on any atom is 0.244 e. The number of hydrogen-bond donors (Lipinski definition) is 0. The van der Waals surface area contributed by atoms with E-state index in [0.29, 0.717) is 6.54 Å². The van der Waals surface area contributed by atoms with E-state index < -0.39 is 0 Å². The van der Waals surface area contributed by atoms with Gasteiger partial charge in [-0.05, 0) is 39.8 Å². The first-order valence-electron chi connectivity index (χ1n) is 7.78. The Hall–Kier alpha value is -1.39. The Kier molecular flexibility index (Phi) is 5.37. The van der Waals surface area contributed by atoms with E-state index in [-0.39, 0.29) is 24.2 Å². The van der Waals surface area contributed by atoms with Gasteiger partial charge in [0, 0.05) is 25.3 Å². The summed E-state index contributed by atoms with van der Waals surface area (Å²) in [6.45, 7) is 10.4. The summed E-state index contributed by atoms with van der Waals surface area (Å²) in [6, 6.07) is 9.75. The molecule has 1 aromatic rings. The first-order chi connectivity index (χ1) is 10.0. The first-order valence-corrected chi connectivity index (χ1v) is 7.78. The number of anilines is 1. The van der Waals surface area contributed by atoms with Crippen LogP contribution in [0.5, 0.6) is 0 Å². The summed E-state index contributed by atoms with van der Waals surface area (Å²) in [6.07, 6.45) is 0.353. The van der Waals surface area contributed by atoms with Gasteiger partial charge in [0.15, 0.2) is 0 Å². The molecule has 1 aliphatic rings. The van der Waals surface area contributed by atoms with Crippen molar-refractivity contribution in [1.82, 2.24) is 4.90 Å². The van der Waals surface area contributed by atoms with Gasteiger partial charge in [-0.3, -0.25) is 9.69 Å². The summed E-state index contributed by atoms with van der Waals surface area (Å²) in [5.74, 6) is 0.157. The van der Waals surface area contributed by atoms with Crippen LogP contribution in [0.4, 0.5) is 5.69 Å². The van der Waals surface area contributed by atoms with Crippen LogP contribution in [0.3, 0.4) is 0 Å². The number of carbonyl (C=O) groups excluding carboxylic acids is 1. The number of amides is 1. The van der Waals surface area contributed by atoms with Gasteiger partial charge in [0.1, 0.15) is 0 Å². The van der Waals surface area contributed by atoms with Gasteiger partial charge in [0.05, 0.1) is 18.2 Å². The number of para-hydroxylation sites is 1. The highest BCUT2D eigenvalue weighted by atomic mass is 16.5. The minimum atomic E-state index is -0.126. The van der Waals surface area contributed by atoms with Crippen LogP contribution >= 0.6 is 0 Å². The van der Waals surface area contributed by atoms with Crippen molar-refractivity contribution in [2.75, 3.05) is 24.5 Å². The van der Waals surface area contributed by atoms with Gasteiger partial charge in [-0.2, -0.15) is 0 Å². The molecule has 3 atom stereocenters. The lowest BCUT2D eigenvalue weighted by molar-refractivity contribution is -0.129. The molecule has 3 unspecified atom stereocenters. The maximum atomic E-state index is 12.8. The highest BCUT2D eigenvalue weighted by molar-refractivity contribution is 5.96. The molecule has 1 heterocycles. The second kappa shape index (κ2) is 7.05. The Balaban J connectivity index is 2.10. The Bertz CT molecular complexity index is 453. The van der Waals surface area contributed by atoms with Crippen molar-refractivity contribution >= 4 is 11.6 Å². The van der Waals surface area contributed by atoms with Gasteiger partial charge in [-0.15, -0.1) is 0 Å². The van der Waals surface area contributed by atoms with E-state index in [9.17, 15) is 4.79 Å². The summed E-state index contributed by atoms with van der Waals surface area (Å²) >= 11 is 0. The standard InChI is InChI=1S/C17H26N2O2/c1-5-19(16-9-7-6-8-10-16)17(20)15(4)18-11-13(2)21-14(3)12-18/h6-10,13-15H,5,11-12H2,1-4H3. The molecule has 0 saturated carbocycles. The second-order valence-corrected chi connectivity index (χ2v) is 5.81. The molecule has 0 bridgehead atoms. The fraction of sp³-hybridized carbons (Fsp3) is 0.588. The third-order valence-corrected chi connectivity index (χ3v) is 4.00. The quantitative estimate of drug-likeness (QED) is 0.854. The molecule has 1 amide bonds. The summed E-state index contributed by atoms with van der Waals surface area (Å²) < 4.78 is 5.75. The molecule has 1 fully saturated rings. The molecular weight excluding hydrogens is 264 g/mol. The third kappa shape index (κ3) is 3.83. The molecule has 21 heavy (non-hydrogen) atoms. The summed E-state index contributed by atoms with van der Waals surface area (Å²) in [5, 5.41) is 0. The minimum absolute atomic E-state index is 0.126. The number of likely N-dealkylation sites (N-methyl/N-ethyl adjacent to an activating group) is 1. The number of benzene rings is 1. The zero-order valence-electron chi connectivity index (χ0n) is 13.5. The summed E-state index contributed by atoms with van der Waals surface area (Å²) in [4.78, 5) is 16.9. The number of carbonyl (C=O) groups is 1. The second-order valence-electron chi connectivity index (χ2n) is 5.81. The van der Waals surface area contributed by atoms with E-state index in [4.69, 9.17) is 4.74 Å². The Morgan fingerprint density at radius 1 is 1.29 bits per heavy atom. The predicted octanol–water partition coefficient (Wildman–Crippen LogP) is 2.54. The van der Waals surface area contributed by atoms with Crippen molar-refractivity contribution in [3.05, 3.63) is 30.3 Å². The lowest BCUT2D eigenvalue weighted by atomic mass is 10.1. The molecular formula is C17H26N2O2. The van der Waals surface area contributed by atoms with E-state index in [2.05, 4.69) is 18.7 Å². The molecule has 116 valence electrons. The molecule has 1 aliphatic heterocycles. The molecule has 1 saturated heterocycles. The van der Waals surface area contributed by atoms with Gasteiger partial charge < -0.3 is 9.64 Å². The van der Waals surface area contributed by atoms with E-state index in [1.54, 1.807) is 0 Å². The average Bonchev–Trinajstić information content (AvgIpc) is 2.47. The number of ether oxygens (including phenoxy) is 1. The maximum absolute atomic E-state index is 12.8. The minimum Gasteiger partial charge on any atom is -0.373 e. The number of morpholine rings is 1. The normalized spacial score (nSPS) is 24.6. The summed E-state index contributed by atoms with van der Waals surface area (Å²) in [5.41, 5.74) is 0.964. The highest BCUT2D eigenvalue weighted by Gasteiger charge is 2.31. The molecule has 0 aliphatic carbocycles. The molecule has 1 aromatic carbocycles. The molecule has 0 radical (unpaired) electrons. The van der Waals surface area contributed by atoms with E-state index in [1.165, 1.54) is 0 Å². The van der Waals surface area contributed by atoms with Crippen LogP contribution in [0, 0.1) is 0 Å². The fourth-order valence-electron chi connectivity index (χ4n) is 2.99. The highest BCUT2D eigenvalue weighted by Crippen LogP contribution is 2.19. The van der Waals surface area contributed by atoms with Crippen LogP contribution in [0.1, 0.15) is 27.7 Å². The van der Waals surface area contributed by atoms with E-state index in [1.807, 2.05) is 49.1 Å². The zero-order valence-corrected chi connectivity index (χ0v) is 13.5. The van der Waals surface area contributed by atoms with Crippen molar-refractivity contribution < 1.29 is 9.53 Å². The lowest BCUT2D eigenvalue weighted by Gasteiger charge is -2.39. The Morgan fingerprint density at radius 3 is 2.38 bits per heavy atom. The first kappa shape index (κ1) is 16.0. The van der Waals surface area contributed by atoms with Crippen LogP contribution in [0.25, 0.3) is 0 Å². The SMILES string of the molecule is CCN(C(=O)C(C)N1CC(C)OC(C)C1)c1ccccc1. The monoisotopic (exact) mass is 290 g/mol. The van der Waals surface area contributed by atoms with Gasteiger partial charge >= 0.3 is 0 Å². The van der Waals surface area contributed by atoms with Crippen LogP contribution in [0.2, 0.25) is 0 Å². The lowest BCUT2D eigenvalue weighted by Crippen LogP contribution is -2.54. The molecule has 2 rings (SSSR count). The summed E-state index contributed by atoms with van der Waals surface area (Å²) in [7, 11) is 0. The van der Waals surface area contributed by atoms with Gasteiger partial charge in [-0.1, -0.05) is 18.2 Å². The molecule has 0 spiro atoms. The van der Waals surface area contributed by atoms with E-state index >= 15 is 0 Å². The van der Waals surface area contributed by atoms with Crippen molar-refractivity contribution in [3.8, 4) is 0 Å². The van der Waals surface area contributed by atoms with Crippen LogP contribution in [0.15, 0.2) is 30.3 Å². The smallest absolute Gasteiger partial charge is 0.244 e. The number of hydrogen-bond acceptors (Lipinski definition) is 3. The van der Waals surface area contributed by atoms with Crippen LogP contribution < -0.4 is 4.90 Å². The predicted molar refractivity (Wildman–Crippen MR) is 85.5 cm³/mol.